The van der Waals surface area contributed by atoms with Crippen LogP contribution < -0.4 is 5.32 Å². The Morgan fingerprint density at radius 1 is 0.853 bits per heavy atom. The fourth-order valence-corrected chi connectivity index (χ4v) is 4.14. The van der Waals surface area contributed by atoms with Gasteiger partial charge in [-0.15, -0.1) is 0 Å². The molecule has 3 aromatic carbocycles. The number of nitrogens with one attached hydrogen (secondary N) is 2. The third kappa shape index (κ3) is 6.12. The molecule has 1 aliphatic rings. The number of amidine groups is 1. The van der Waals surface area contributed by atoms with Crippen molar-refractivity contribution in [1.82, 2.24) is 4.90 Å². The van der Waals surface area contributed by atoms with E-state index in [-0.39, 0.29) is 25.5 Å². The van der Waals surface area contributed by atoms with Crippen LogP contribution in [0.1, 0.15) is 58.5 Å². The number of rotatable bonds is 6. The molecule has 2 N–H and O–H groups in total. The molecule has 0 radical (unpaired) electrons. The third-order valence-corrected chi connectivity index (χ3v) is 6.12. The second-order valence-corrected chi connectivity index (χ2v) is 8.63. The van der Waals surface area contributed by atoms with E-state index < -0.39 is 0 Å². The van der Waals surface area contributed by atoms with Gasteiger partial charge in [0.2, 0.25) is 0 Å². The molecule has 3 aromatic rings. The van der Waals surface area contributed by atoms with Crippen molar-refractivity contribution < 1.29 is 9.59 Å². The standard InChI is InChI=1S/C27H26ClN3O2.CH4/c28-22-12-14-23(15-13-22)30-27(33)24-7-3-2-6-21(24)18-25(32)19-8-10-20(11-9-19)26(29)31-16-4-1-5-17-31;/h2-3,6-15,29H,1,4-5,16-18H2,(H,30,33);1H4. The summed E-state index contributed by atoms with van der Waals surface area (Å²) >= 11 is 5.91. The summed E-state index contributed by atoms with van der Waals surface area (Å²) < 4.78 is 0. The summed E-state index contributed by atoms with van der Waals surface area (Å²) in [5, 5.41) is 11.9. The molecule has 4 rings (SSSR count). The smallest absolute Gasteiger partial charge is 0.255 e. The van der Waals surface area contributed by atoms with Crippen LogP contribution in [0.5, 0.6) is 0 Å². The lowest BCUT2D eigenvalue weighted by atomic mass is 9.97. The molecule has 1 fully saturated rings. The number of Topliss-reactive ketones (excluding diaryl/α,β-unsaturated/α-hetero) is 1. The Morgan fingerprint density at radius 3 is 2.15 bits per heavy atom. The fraction of sp³-hybridized carbons (Fsp3) is 0.250. The number of hydrogen-bond donors (Lipinski definition) is 2. The van der Waals surface area contributed by atoms with Crippen molar-refractivity contribution in [1.29, 1.82) is 5.41 Å². The summed E-state index contributed by atoms with van der Waals surface area (Å²) in [4.78, 5) is 27.9. The number of benzene rings is 3. The molecule has 176 valence electrons. The van der Waals surface area contributed by atoms with Gasteiger partial charge in [0.05, 0.1) is 0 Å². The Balaban J connectivity index is 0.00000324. The highest BCUT2D eigenvalue weighted by Crippen LogP contribution is 2.19. The molecular weight excluding hydrogens is 446 g/mol. The van der Waals surface area contributed by atoms with Crippen LogP contribution in [0.4, 0.5) is 5.69 Å². The number of halogens is 1. The highest BCUT2D eigenvalue weighted by atomic mass is 35.5. The number of amides is 1. The Hall–Kier alpha value is -3.44. The zero-order valence-corrected chi connectivity index (χ0v) is 19.1. The quantitative estimate of drug-likeness (QED) is 0.244. The minimum absolute atomic E-state index is 0. The van der Waals surface area contributed by atoms with Gasteiger partial charge in [-0.3, -0.25) is 15.0 Å². The van der Waals surface area contributed by atoms with Gasteiger partial charge in [-0.2, -0.15) is 0 Å². The van der Waals surface area contributed by atoms with E-state index in [4.69, 9.17) is 17.0 Å². The Morgan fingerprint density at radius 2 is 1.47 bits per heavy atom. The van der Waals surface area contributed by atoms with Crippen LogP contribution in [-0.2, 0) is 6.42 Å². The number of anilines is 1. The van der Waals surface area contributed by atoms with Gasteiger partial charge in [-0.05, 0) is 55.2 Å². The van der Waals surface area contributed by atoms with Crippen LogP contribution in [0, 0.1) is 5.41 Å². The predicted molar refractivity (Wildman–Crippen MR) is 139 cm³/mol. The average Bonchev–Trinajstić information content (AvgIpc) is 2.86. The fourth-order valence-electron chi connectivity index (χ4n) is 4.02. The van der Waals surface area contributed by atoms with E-state index >= 15 is 0 Å². The number of carbonyl (C=O) groups excluding carboxylic acids is 2. The van der Waals surface area contributed by atoms with Crippen molar-refractivity contribution >= 4 is 34.8 Å². The molecule has 0 spiro atoms. The minimum atomic E-state index is -0.272. The molecule has 5 nitrogen and oxygen atoms in total. The van der Waals surface area contributed by atoms with Gasteiger partial charge in [0.15, 0.2) is 5.78 Å². The first-order chi connectivity index (χ1) is 16.0. The lowest BCUT2D eigenvalue weighted by molar-refractivity contribution is 0.0992. The van der Waals surface area contributed by atoms with Gasteiger partial charge in [0.25, 0.3) is 5.91 Å². The van der Waals surface area contributed by atoms with E-state index in [1.807, 2.05) is 18.2 Å². The third-order valence-electron chi connectivity index (χ3n) is 5.87. The number of hydrogen-bond acceptors (Lipinski definition) is 3. The first-order valence-electron chi connectivity index (χ1n) is 11.1. The van der Waals surface area contributed by atoms with Gasteiger partial charge in [-0.1, -0.05) is 61.5 Å². The van der Waals surface area contributed by atoms with E-state index in [1.165, 1.54) is 6.42 Å². The number of nitrogens with zero attached hydrogens (tertiary/aromatic N) is 1. The van der Waals surface area contributed by atoms with Crippen LogP contribution in [0.25, 0.3) is 0 Å². The molecule has 0 unspecified atom stereocenters. The normalized spacial score (nSPS) is 13.0. The maximum Gasteiger partial charge on any atom is 0.255 e. The SMILES string of the molecule is C.N=C(c1ccc(C(=O)Cc2ccccc2C(=O)Nc2ccc(Cl)cc2)cc1)N1CCCCC1. The van der Waals surface area contributed by atoms with Crippen LogP contribution in [0.15, 0.2) is 72.8 Å². The number of carbonyl (C=O) groups is 2. The topological polar surface area (TPSA) is 73.3 Å². The van der Waals surface area contributed by atoms with Crippen LogP contribution in [0.2, 0.25) is 5.02 Å². The molecule has 34 heavy (non-hydrogen) atoms. The van der Waals surface area contributed by atoms with Gasteiger partial charge in [-0.25, -0.2) is 0 Å². The van der Waals surface area contributed by atoms with Gasteiger partial charge in [0, 0.05) is 46.9 Å². The molecule has 1 amide bonds. The highest BCUT2D eigenvalue weighted by molar-refractivity contribution is 6.30. The summed E-state index contributed by atoms with van der Waals surface area (Å²) in [6.45, 7) is 1.82. The number of ketones is 1. The van der Waals surface area contributed by atoms with Crippen LogP contribution >= 0.6 is 11.6 Å². The largest absolute Gasteiger partial charge is 0.357 e. The van der Waals surface area contributed by atoms with Crippen molar-refractivity contribution in [2.75, 3.05) is 18.4 Å². The lowest BCUT2D eigenvalue weighted by Crippen LogP contribution is -2.35. The summed E-state index contributed by atoms with van der Waals surface area (Å²) in [6.07, 6.45) is 3.57. The van der Waals surface area contributed by atoms with Crippen molar-refractivity contribution in [3.05, 3.63) is 100 Å². The molecule has 0 atom stereocenters. The molecule has 0 aliphatic carbocycles. The first-order valence-corrected chi connectivity index (χ1v) is 11.5. The van der Waals surface area contributed by atoms with E-state index in [0.717, 1.165) is 31.5 Å². The van der Waals surface area contributed by atoms with Gasteiger partial charge >= 0.3 is 0 Å². The van der Waals surface area contributed by atoms with Gasteiger partial charge in [0.1, 0.15) is 5.84 Å². The average molecular weight is 476 g/mol. The zero-order valence-electron chi connectivity index (χ0n) is 18.3. The number of likely N-dealkylation sites (tertiary alicyclic amines) is 1. The summed E-state index contributed by atoms with van der Waals surface area (Å²) in [6, 6.07) is 21.2. The molecule has 0 bridgehead atoms. The Bertz CT molecular complexity index is 1150. The van der Waals surface area contributed by atoms with Crippen LogP contribution in [0.3, 0.4) is 0 Å². The molecule has 1 aliphatic heterocycles. The molecule has 6 heteroatoms. The van der Waals surface area contributed by atoms with Crippen molar-refractivity contribution in [3.8, 4) is 0 Å². The highest BCUT2D eigenvalue weighted by Gasteiger charge is 2.17. The second-order valence-electron chi connectivity index (χ2n) is 8.19. The van der Waals surface area contributed by atoms with Crippen molar-refractivity contribution in [3.63, 3.8) is 0 Å². The molecule has 1 saturated heterocycles. The van der Waals surface area contributed by atoms with Gasteiger partial charge < -0.3 is 10.2 Å². The second kappa shape index (κ2) is 11.6. The van der Waals surface area contributed by atoms with Crippen molar-refractivity contribution in [2.24, 2.45) is 0 Å². The van der Waals surface area contributed by atoms with Crippen LogP contribution in [-0.4, -0.2) is 35.5 Å². The maximum atomic E-state index is 13.0. The molecule has 0 saturated carbocycles. The molecule has 1 heterocycles. The predicted octanol–water partition coefficient (Wildman–Crippen LogP) is 6.47. The van der Waals surface area contributed by atoms with E-state index in [2.05, 4.69) is 10.2 Å². The number of piperidine rings is 1. The lowest BCUT2D eigenvalue weighted by Gasteiger charge is -2.29. The zero-order chi connectivity index (χ0) is 23.2. The first kappa shape index (κ1) is 25.2. The summed E-state index contributed by atoms with van der Waals surface area (Å²) in [5.41, 5.74) is 3.15. The Kier molecular flexibility index (Phi) is 8.61. The monoisotopic (exact) mass is 475 g/mol. The van der Waals surface area contributed by atoms with E-state index in [0.29, 0.717) is 33.2 Å². The Labute approximate surface area is 206 Å². The van der Waals surface area contributed by atoms with E-state index in [1.54, 1.807) is 54.6 Å². The van der Waals surface area contributed by atoms with E-state index in [9.17, 15) is 9.59 Å². The minimum Gasteiger partial charge on any atom is -0.357 e. The molecule has 0 aromatic heterocycles. The summed E-state index contributed by atoms with van der Waals surface area (Å²) in [7, 11) is 0. The summed E-state index contributed by atoms with van der Waals surface area (Å²) in [5.74, 6) is 0.168. The molecular formula is C28H30ClN3O2. The van der Waals surface area contributed by atoms with Crippen molar-refractivity contribution in [2.45, 2.75) is 33.1 Å². The maximum absolute atomic E-state index is 13.0.